The summed E-state index contributed by atoms with van der Waals surface area (Å²) in [7, 11) is 0. The van der Waals surface area contributed by atoms with Crippen molar-refractivity contribution >= 4 is 27.4 Å². The van der Waals surface area contributed by atoms with Crippen LogP contribution in [-0.2, 0) is 13.0 Å². The van der Waals surface area contributed by atoms with Crippen LogP contribution in [0, 0.1) is 0 Å². The molecule has 0 aliphatic rings. The smallest absolute Gasteiger partial charge is 0.164 e. The van der Waals surface area contributed by atoms with Gasteiger partial charge in [0.2, 0.25) is 0 Å². The zero-order chi connectivity index (χ0) is 17.1. The molecule has 5 nitrogen and oxygen atoms in total. The van der Waals surface area contributed by atoms with Crippen LogP contribution in [0.3, 0.4) is 0 Å². The number of aryl methyl sites for hydroxylation is 1. The van der Waals surface area contributed by atoms with E-state index in [-0.39, 0.29) is 0 Å². The summed E-state index contributed by atoms with van der Waals surface area (Å²) in [6, 6.07) is 10.0. The highest BCUT2D eigenvalue weighted by Gasteiger charge is 2.12. The highest BCUT2D eigenvalue weighted by Crippen LogP contribution is 2.31. The standard InChI is InChI=1S/C19H17N5S/c1-2-15-9-16-18(22-11-13-5-3-7-20-10-13)23-17(24-19(16)25-15)14-6-4-8-21-12-14/h3-10,12H,2,11H2,1H3,(H,22,23,24). The summed E-state index contributed by atoms with van der Waals surface area (Å²) in [6.45, 7) is 2.83. The molecule has 0 radical (unpaired) electrons. The van der Waals surface area contributed by atoms with Crippen LogP contribution in [0.2, 0.25) is 0 Å². The lowest BCUT2D eigenvalue weighted by Crippen LogP contribution is -2.03. The molecule has 4 aromatic rings. The molecule has 0 aromatic carbocycles. The molecule has 0 fully saturated rings. The number of fused-ring (bicyclic) bond motifs is 1. The highest BCUT2D eigenvalue weighted by molar-refractivity contribution is 7.18. The lowest BCUT2D eigenvalue weighted by molar-refractivity contribution is 1.08. The Morgan fingerprint density at radius 3 is 2.60 bits per heavy atom. The third kappa shape index (κ3) is 3.34. The molecular weight excluding hydrogens is 330 g/mol. The van der Waals surface area contributed by atoms with Crippen LogP contribution in [0.1, 0.15) is 17.4 Å². The van der Waals surface area contributed by atoms with Gasteiger partial charge in [-0.1, -0.05) is 13.0 Å². The van der Waals surface area contributed by atoms with Crippen LogP contribution in [0.15, 0.2) is 55.1 Å². The van der Waals surface area contributed by atoms with E-state index in [0.717, 1.165) is 33.6 Å². The van der Waals surface area contributed by atoms with E-state index in [1.165, 1.54) is 4.88 Å². The normalized spacial score (nSPS) is 10.9. The minimum Gasteiger partial charge on any atom is -0.365 e. The molecule has 0 amide bonds. The Balaban J connectivity index is 1.76. The number of anilines is 1. The van der Waals surface area contributed by atoms with Gasteiger partial charge in [0.25, 0.3) is 0 Å². The first-order valence-corrected chi connectivity index (χ1v) is 8.99. The van der Waals surface area contributed by atoms with E-state index in [0.29, 0.717) is 12.4 Å². The fourth-order valence-corrected chi connectivity index (χ4v) is 3.56. The van der Waals surface area contributed by atoms with Gasteiger partial charge in [0, 0.05) is 41.8 Å². The van der Waals surface area contributed by atoms with Gasteiger partial charge in [0.15, 0.2) is 5.82 Å². The maximum absolute atomic E-state index is 4.76. The number of hydrogen-bond acceptors (Lipinski definition) is 6. The summed E-state index contributed by atoms with van der Waals surface area (Å²) in [5, 5.41) is 4.51. The first kappa shape index (κ1) is 15.7. The minimum absolute atomic E-state index is 0.670. The Hall–Kier alpha value is -2.86. The molecule has 1 N–H and O–H groups in total. The predicted molar refractivity (Wildman–Crippen MR) is 102 cm³/mol. The molecule has 0 aliphatic carbocycles. The number of nitrogens with zero attached hydrogens (tertiary/aromatic N) is 4. The molecule has 4 heterocycles. The first-order chi connectivity index (χ1) is 12.3. The quantitative estimate of drug-likeness (QED) is 0.582. The van der Waals surface area contributed by atoms with Crippen molar-refractivity contribution in [1.82, 2.24) is 19.9 Å². The van der Waals surface area contributed by atoms with Crippen molar-refractivity contribution in [3.8, 4) is 11.4 Å². The first-order valence-electron chi connectivity index (χ1n) is 8.17. The Morgan fingerprint density at radius 1 is 1.04 bits per heavy atom. The molecule has 4 aromatic heterocycles. The second-order valence-electron chi connectivity index (χ2n) is 5.64. The van der Waals surface area contributed by atoms with Gasteiger partial charge in [-0.05, 0) is 36.2 Å². The molecule has 0 aliphatic heterocycles. The largest absolute Gasteiger partial charge is 0.365 e. The Bertz CT molecular complexity index is 983. The van der Waals surface area contributed by atoms with E-state index in [2.05, 4.69) is 28.3 Å². The SMILES string of the molecule is CCc1cc2c(NCc3cccnc3)nc(-c3cccnc3)nc2s1. The van der Waals surface area contributed by atoms with E-state index in [9.17, 15) is 0 Å². The van der Waals surface area contributed by atoms with Crippen molar-refractivity contribution < 1.29 is 0 Å². The minimum atomic E-state index is 0.670. The fraction of sp³-hybridized carbons (Fsp3) is 0.158. The molecule has 6 heteroatoms. The van der Waals surface area contributed by atoms with Crippen LogP contribution in [0.4, 0.5) is 5.82 Å². The third-order valence-corrected chi connectivity index (χ3v) is 5.07. The molecule has 0 bridgehead atoms. The average Bonchev–Trinajstić information content (AvgIpc) is 3.11. The molecule has 124 valence electrons. The topological polar surface area (TPSA) is 63.6 Å². The zero-order valence-electron chi connectivity index (χ0n) is 13.8. The molecule has 0 spiro atoms. The molecule has 0 unspecified atom stereocenters. The van der Waals surface area contributed by atoms with Gasteiger partial charge < -0.3 is 5.32 Å². The molecule has 25 heavy (non-hydrogen) atoms. The van der Waals surface area contributed by atoms with Gasteiger partial charge in [0.05, 0.1) is 5.39 Å². The highest BCUT2D eigenvalue weighted by atomic mass is 32.1. The maximum atomic E-state index is 4.76. The number of nitrogens with one attached hydrogen (secondary N) is 1. The van der Waals surface area contributed by atoms with Crippen molar-refractivity contribution in [2.45, 2.75) is 19.9 Å². The second kappa shape index (κ2) is 6.94. The zero-order valence-corrected chi connectivity index (χ0v) is 14.6. The molecule has 0 saturated heterocycles. The Labute approximate surface area is 149 Å². The molecule has 0 atom stereocenters. The Kier molecular flexibility index (Phi) is 4.35. The Morgan fingerprint density at radius 2 is 1.88 bits per heavy atom. The summed E-state index contributed by atoms with van der Waals surface area (Å²) in [5.74, 6) is 1.54. The van der Waals surface area contributed by atoms with Crippen LogP contribution < -0.4 is 5.32 Å². The summed E-state index contributed by atoms with van der Waals surface area (Å²) in [5.41, 5.74) is 2.03. The van der Waals surface area contributed by atoms with Crippen molar-refractivity contribution in [2.75, 3.05) is 5.32 Å². The van der Waals surface area contributed by atoms with Gasteiger partial charge in [-0.15, -0.1) is 11.3 Å². The fourth-order valence-electron chi connectivity index (χ4n) is 2.59. The second-order valence-corrected chi connectivity index (χ2v) is 6.75. The molecule has 4 rings (SSSR count). The van der Waals surface area contributed by atoms with Crippen LogP contribution in [-0.4, -0.2) is 19.9 Å². The van der Waals surface area contributed by atoms with Crippen LogP contribution in [0.5, 0.6) is 0 Å². The number of pyridine rings is 2. The lowest BCUT2D eigenvalue weighted by Gasteiger charge is -2.09. The van der Waals surface area contributed by atoms with E-state index >= 15 is 0 Å². The molecule has 0 saturated carbocycles. The van der Waals surface area contributed by atoms with E-state index in [4.69, 9.17) is 9.97 Å². The number of hydrogen-bond donors (Lipinski definition) is 1. The van der Waals surface area contributed by atoms with Gasteiger partial charge in [0.1, 0.15) is 10.6 Å². The predicted octanol–water partition coefficient (Wildman–Crippen LogP) is 4.32. The third-order valence-electron chi connectivity index (χ3n) is 3.89. The van der Waals surface area contributed by atoms with Crippen LogP contribution >= 0.6 is 11.3 Å². The lowest BCUT2D eigenvalue weighted by atomic mass is 10.2. The average molecular weight is 347 g/mol. The van der Waals surface area contributed by atoms with Gasteiger partial charge in [-0.3, -0.25) is 9.97 Å². The van der Waals surface area contributed by atoms with Crippen molar-refractivity contribution in [3.63, 3.8) is 0 Å². The summed E-state index contributed by atoms with van der Waals surface area (Å²) < 4.78 is 0. The van der Waals surface area contributed by atoms with E-state index in [1.54, 1.807) is 29.9 Å². The van der Waals surface area contributed by atoms with Crippen molar-refractivity contribution in [2.24, 2.45) is 0 Å². The van der Waals surface area contributed by atoms with Gasteiger partial charge in [-0.25, -0.2) is 9.97 Å². The van der Waals surface area contributed by atoms with E-state index < -0.39 is 0 Å². The van der Waals surface area contributed by atoms with Crippen molar-refractivity contribution in [1.29, 1.82) is 0 Å². The summed E-state index contributed by atoms with van der Waals surface area (Å²) in [4.78, 5) is 20.1. The number of aromatic nitrogens is 4. The summed E-state index contributed by atoms with van der Waals surface area (Å²) in [6.07, 6.45) is 8.17. The number of thiophene rings is 1. The number of rotatable bonds is 5. The van der Waals surface area contributed by atoms with Gasteiger partial charge in [-0.2, -0.15) is 0 Å². The van der Waals surface area contributed by atoms with E-state index in [1.807, 2.05) is 30.5 Å². The summed E-state index contributed by atoms with van der Waals surface area (Å²) >= 11 is 1.72. The van der Waals surface area contributed by atoms with Gasteiger partial charge >= 0.3 is 0 Å². The molecular formula is C19H17N5S. The maximum Gasteiger partial charge on any atom is 0.164 e. The van der Waals surface area contributed by atoms with Crippen molar-refractivity contribution in [3.05, 3.63) is 65.6 Å². The van der Waals surface area contributed by atoms with Crippen LogP contribution in [0.25, 0.3) is 21.6 Å². The monoisotopic (exact) mass is 347 g/mol.